The van der Waals surface area contributed by atoms with Crippen molar-refractivity contribution in [3.05, 3.63) is 35.3 Å². The summed E-state index contributed by atoms with van der Waals surface area (Å²) in [5.74, 6) is 2.47. The third kappa shape index (κ3) is 3.04. The lowest BCUT2D eigenvalue weighted by Crippen LogP contribution is -2.52. The number of aromatic nitrogens is 3. The lowest BCUT2D eigenvalue weighted by molar-refractivity contribution is 0.0935. The smallest absolute Gasteiger partial charge is 0.273 e. The van der Waals surface area contributed by atoms with E-state index in [9.17, 15) is 4.79 Å². The van der Waals surface area contributed by atoms with Gasteiger partial charge in [0, 0.05) is 37.5 Å². The van der Waals surface area contributed by atoms with Crippen molar-refractivity contribution in [1.82, 2.24) is 20.7 Å². The first-order valence-electron chi connectivity index (χ1n) is 7.99. The Morgan fingerprint density at radius 1 is 1.35 bits per heavy atom. The van der Waals surface area contributed by atoms with Gasteiger partial charge in [-0.1, -0.05) is 5.16 Å². The second kappa shape index (κ2) is 5.64. The van der Waals surface area contributed by atoms with Crippen molar-refractivity contribution in [3.63, 3.8) is 0 Å². The van der Waals surface area contributed by atoms with Crippen molar-refractivity contribution in [1.29, 1.82) is 0 Å². The Labute approximate surface area is 134 Å². The van der Waals surface area contributed by atoms with Gasteiger partial charge in [0.15, 0.2) is 11.5 Å². The van der Waals surface area contributed by atoms with E-state index in [0.717, 1.165) is 43.2 Å². The first-order valence-corrected chi connectivity index (χ1v) is 7.99. The van der Waals surface area contributed by atoms with Gasteiger partial charge in [0.1, 0.15) is 5.76 Å². The molecule has 0 radical (unpaired) electrons. The number of hydrogen-bond acceptors (Lipinski definition) is 6. The van der Waals surface area contributed by atoms with Crippen LogP contribution in [0.5, 0.6) is 0 Å². The van der Waals surface area contributed by atoms with E-state index in [4.69, 9.17) is 4.52 Å². The molecule has 1 aliphatic heterocycles. The van der Waals surface area contributed by atoms with Crippen LogP contribution < -0.4 is 10.2 Å². The first kappa shape index (κ1) is 14.2. The fourth-order valence-electron chi connectivity index (χ4n) is 2.73. The molecule has 1 amide bonds. The molecule has 2 aliphatic rings. The number of amides is 1. The van der Waals surface area contributed by atoms with Crippen molar-refractivity contribution in [2.24, 2.45) is 5.92 Å². The molecule has 0 unspecified atom stereocenters. The van der Waals surface area contributed by atoms with E-state index in [0.29, 0.717) is 24.1 Å². The molecule has 4 rings (SSSR count). The van der Waals surface area contributed by atoms with Crippen LogP contribution in [0.2, 0.25) is 0 Å². The molecule has 0 bridgehead atoms. The SMILES string of the molecule is Cc1ccc(N2CC(CNC(=O)c3cc(C4CC4)on3)C2)nn1. The summed E-state index contributed by atoms with van der Waals surface area (Å²) < 4.78 is 5.21. The van der Waals surface area contributed by atoms with E-state index in [1.54, 1.807) is 6.07 Å². The number of nitrogens with zero attached hydrogens (tertiary/aromatic N) is 4. The molecule has 0 aromatic carbocycles. The number of aryl methyl sites for hydroxylation is 1. The fraction of sp³-hybridized carbons (Fsp3) is 0.500. The Hall–Kier alpha value is -2.44. The summed E-state index contributed by atoms with van der Waals surface area (Å²) in [6.07, 6.45) is 2.27. The zero-order chi connectivity index (χ0) is 15.8. The topological polar surface area (TPSA) is 84.2 Å². The second-order valence-corrected chi connectivity index (χ2v) is 6.40. The maximum absolute atomic E-state index is 12.1. The van der Waals surface area contributed by atoms with Crippen LogP contribution in [0.25, 0.3) is 0 Å². The van der Waals surface area contributed by atoms with Crippen LogP contribution in [0, 0.1) is 12.8 Å². The quantitative estimate of drug-likeness (QED) is 0.901. The normalized spacial score (nSPS) is 17.9. The molecular formula is C16H19N5O2. The van der Waals surface area contributed by atoms with E-state index < -0.39 is 0 Å². The summed E-state index contributed by atoms with van der Waals surface area (Å²) >= 11 is 0. The van der Waals surface area contributed by atoms with Crippen molar-refractivity contribution in [2.45, 2.75) is 25.7 Å². The number of hydrogen-bond donors (Lipinski definition) is 1. The van der Waals surface area contributed by atoms with Crippen molar-refractivity contribution in [2.75, 3.05) is 24.5 Å². The minimum atomic E-state index is -0.158. The molecule has 2 aromatic rings. The van der Waals surface area contributed by atoms with Crippen LogP contribution in [0.4, 0.5) is 5.82 Å². The number of nitrogens with one attached hydrogen (secondary N) is 1. The minimum Gasteiger partial charge on any atom is -0.360 e. The van der Waals surface area contributed by atoms with Gasteiger partial charge in [0.2, 0.25) is 0 Å². The number of carbonyl (C=O) groups is 1. The van der Waals surface area contributed by atoms with Crippen LogP contribution in [-0.2, 0) is 0 Å². The van der Waals surface area contributed by atoms with E-state index in [-0.39, 0.29) is 5.91 Å². The minimum absolute atomic E-state index is 0.158. The largest absolute Gasteiger partial charge is 0.360 e. The Kier molecular flexibility index (Phi) is 3.48. The summed E-state index contributed by atoms with van der Waals surface area (Å²) in [6.45, 7) is 4.32. The average molecular weight is 313 g/mol. The van der Waals surface area contributed by atoms with Crippen LogP contribution in [0.1, 0.15) is 40.7 Å². The van der Waals surface area contributed by atoms with E-state index >= 15 is 0 Å². The highest BCUT2D eigenvalue weighted by Gasteiger charge is 2.30. The second-order valence-electron chi connectivity index (χ2n) is 6.40. The number of rotatable bonds is 5. The summed E-state index contributed by atoms with van der Waals surface area (Å²) in [6, 6.07) is 5.70. The lowest BCUT2D eigenvalue weighted by Gasteiger charge is -2.39. The molecule has 1 saturated carbocycles. The van der Waals surface area contributed by atoms with E-state index in [1.165, 1.54) is 0 Å². The third-order valence-corrected chi connectivity index (χ3v) is 4.36. The maximum atomic E-state index is 12.1. The molecule has 0 atom stereocenters. The number of anilines is 1. The molecule has 1 aliphatic carbocycles. The van der Waals surface area contributed by atoms with Crippen molar-refractivity contribution >= 4 is 11.7 Å². The van der Waals surface area contributed by atoms with Gasteiger partial charge < -0.3 is 14.7 Å². The highest BCUT2D eigenvalue weighted by atomic mass is 16.5. The van der Waals surface area contributed by atoms with Crippen molar-refractivity contribution < 1.29 is 9.32 Å². The third-order valence-electron chi connectivity index (χ3n) is 4.36. The Balaban J connectivity index is 1.24. The predicted octanol–water partition coefficient (Wildman–Crippen LogP) is 1.52. The van der Waals surface area contributed by atoms with Crippen LogP contribution in [-0.4, -0.2) is 40.9 Å². The van der Waals surface area contributed by atoms with Gasteiger partial charge in [-0.2, -0.15) is 5.10 Å². The number of carbonyl (C=O) groups excluding carboxylic acids is 1. The van der Waals surface area contributed by atoms with Gasteiger partial charge in [-0.05, 0) is 31.9 Å². The molecule has 1 saturated heterocycles. The average Bonchev–Trinajstić information content (AvgIpc) is 3.24. The van der Waals surface area contributed by atoms with Gasteiger partial charge in [-0.3, -0.25) is 4.79 Å². The van der Waals surface area contributed by atoms with Gasteiger partial charge >= 0.3 is 0 Å². The first-order chi connectivity index (χ1) is 11.2. The van der Waals surface area contributed by atoms with E-state index in [2.05, 4.69) is 25.6 Å². The molecule has 23 heavy (non-hydrogen) atoms. The van der Waals surface area contributed by atoms with Gasteiger partial charge in [-0.15, -0.1) is 5.10 Å². The molecule has 2 aromatic heterocycles. The van der Waals surface area contributed by atoms with Gasteiger partial charge in [-0.25, -0.2) is 0 Å². The molecule has 7 nitrogen and oxygen atoms in total. The van der Waals surface area contributed by atoms with Crippen LogP contribution in [0.3, 0.4) is 0 Å². The standard InChI is InChI=1S/C16H19N5O2/c1-10-2-5-15(19-18-10)21-8-11(9-21)7-17-16(22)13-6-14(23-20-13)12-3-4-12/h2,5-6,11-12H,3-4,7-9H2,1H3,(H,17,22). The summed E-state index contributed by atoms with van der Waals surface area (Å²) in [4.78, 5) is 14.2. The Morgan fingerprint density at radius 3 is 2.87 bits per heavy atom. The van der Waals surface area contributed by atoms with Gasteiger partial charge in [0.25, 0.3) is 5.91 Å². The summed E-state index contributed by atoms with van der Waals surface area (Å²) in [5, 5.41) is 15.0. The van der Waals surface area contributed by atoms with Crippen LogP contribution in [0.15, 0.2) is 22.7 Å². The zero-order valence-electron chi connectivity index (χ0n) is 13.0. The van der Waals surface area contributed by atoms with E-state index in [1.807, 2.05) is 19.1 Å². The zero-order valence-corrected chi connectivity index (χ0v) is 13.0. The summed E-state index contributed by atoms with van der Waals surface area (Å²) in [5.41, 5.74) is 1.30. The monoisotopic (exact) mass is 313 g/mol. The molecule has 3 heterocycles. The Morgan fingerprint density at radius 2 is 2.17 bits per heavy atom. The fourth-order valence-corrected chi connectivity index (χ4v) is 2.73. The molecule has 2 fully saturated rings. The van der Waals surface area contributed by atoms with Crippen LogP contribution >= 0.6 is 0 Å². The van der Waals surface area contributed by atoms with Crippen molar-refractivity contribution in [3.8, 4) is 0 Å². The molecule has 0 spiro atoms. The highest BCUT2D eigenvalue weighted by Crippen LogP contribution is 2.40. The van der Waals surface area contributed by atoms with Gasteiger partial charge in [0.05, 0.1) is 5.69 Å². The maximum Gasteiger partial charge on any atom is 0.273 e. The molecule has 120 valence electrons. The highest BCUT2D eigenvalue weighted by molar-refractivity contribution is 5.92. The summed E-state index contributed by atoms with van der Waals surface area (Å²) in [7, 11) is 0. The lowest BCUT2D eigenvalue weighted by atomic mass is 10.0. The molecule has 1 N–H and O–H groups in total. The Bertz CT molecular complexity index is 702. The molecular weight excluding hydrogens is 294 g/mol. The molecule has 7 heteroatoms. The predicted molar refractivity (Wildman–Crippen MR) is 83.3 cm³/mol.